The molecule has 1 aliphatic rings. The summed E-state index contributed by atoms with van der Waals surface area (Å²) < 4.78 is 6.88. The van der Waals surface area contributed by atoms with E-state index >= 15 is 0 Å². The smallest absolute Gasteiger partial charge is 0.0704 e. The van der Waals surface area contributed by atoms with E-state index in [1.54, 1.807) is 4.88 Å². The lowest BCUT2D eigenvalue weighted by Crippen LogP contribution is -2.28. The molecule has 1 aromatic heterocycles. The van der Waals surface area contributed by atoms with Crippen molar-refractivity contribution in [1.29, 1.82) is 0 Å². The van der Waals surface area contributed by atoms with E-state index in [4.69, 9.17) is 4.74 Å². The zero-order valence-electron chi connectivity index (χ0n) is 11.7. The Bertz CT molecular complexity index is 395. The van der Waals surface area contributed by atoms with Crippen molar-refractivity contribution in [3.05, 3.63) is 20.3 Å². The van der Waals surface area contributed by atoms with E-state index in [1.165, 1.54) is 28.6 Å². The molecule has 1 aliphatic carbocycles. The van der Waals surface area contributed by atoms with Gasteiger partial charge in [-0.25, -0.2) is 0 Å². The zero-order valence-corrected chi connectivity index (χ0v) is 14.1. The first-order valence-corrected chi connectivity index (χ1v) is 8.51. The van der Waals surface area contributed by atoms with Crippen LogP contribution in [0.1, 0.15) is 29.3 Å². The van der Waals surface area contributed by atoms with Crippen molar-refractivity contribution in [3.63, 3.8) is 0 Å². The third kappa shape index (κ3) is 4.83. The van der Waals surface area contributed by atoms with Gasteiger partial charge in [0.15, 0.2) is 0 Å². The van der Waals surface area contributed by atoms with Gasteiger partial charge in [0.1, 0.15) is 0 Å². The molecule has 19 heavy (non-hydrogen) atoms. The Morgan fingerprint density at radius 3 is 3.11 bits per heavy atom. The Hall–Kier alpha value is 0.0600. The SMILES string of the molecule is CN(C)CCOCCNC1CCCc2sc(Br)cc21. The van der Waals surface area contributed by atoms with E-state index in [0.29, 0.717) is 6.04 Å². The monoisotopic (exact) mass is 346 g/mol. The van der Waals surface area contributed by atoms with E-state index in [-0.39, 0.29) is 0 Å². The number of hydrogen-bond acceptors (Lipinski definition) is 4. The fourth-order valence-electron chi connectivity index (χ4n) is 2.39. The van der Waals surface area contributed by atoms with Crippen molar-refractivity contribution < 1.29 is 4.74 Å². The van der Waals surface area contributed by atoms with Crippen molar-refractivity contribution in [2.75, 3.05) is 40.4 Å². The second-order valence-corrected chi connectivity index (χ2v) is 7.76. The van der Waals surface area contributed by atoms with Crippen LogP contribution < -0.4 is 5.32 Å². The number of ether oxygens (including phenoxy) is 1. The van der Waals surface area contributed by atoms with Crippen molar-refractivity contribution >= 4 is 27.3 Å². The highest BCUT2D eigenvalue weighted by Gasteiger charge is 2.21. The van der Waals surface area contributed by atoms with Crippen LogP contribution in [0.2, 0.25) is 0 Å². The predicted octanol–water partition coefficient (Wildman–Crippen LogP) is 3.06. The molecular weight excluding hydrogens is 324 g/mol. The molecule has 1 N–H and O–H groups in total. The molecule has 0 fully saturated rings. The maximum atomic E-state index is 5.62. The minimum Gasteiger partial charge on any atom is -0.379 e. The molecule has 1 atom stereocenters. The second-order valence-electron chi connectivity index (χ2n) is 5.24. The lowest BCUT2D eigenvalue weighted by molar-refractivity contribution is 0.117. The molecule has 0 aliphatic heterocycles. The van der Waals surface area contributed by atoms with Crippen LogP contribution in [0, 0.1) is 0 Å². The topological polar surface area (TPSA) is 24.5 Å². The maximum absolute atomic E-state index is 5.62. The zero-order chi connectivity index (χ0) is 13.7. The summed E-state index contributed by atoms with van der Waals surface area (Å²) in [6.45, 7) is 3.54. The molecule has 0 radical (unpaired) electrons. The van der Waals surface area contributed by atoms with Crippen molar-refractivity contribution in [2.24, 2.45) is 0 Å². The minimum absolute atomic E-state index is 0.517. The van der Waals surface area contributed by atoms with Crippen LogP contribution in [0.5, 0.6) is 0 Å². The van der Waals surface area contributed by atoms with Gasteiger partial charge < -0.3 is 15.0 Å². The lowest BCUT2D eigenvalue weighted by Gasteiger charge is -2.23. The molecule has 1 aromatic rings. The quantitative estimate of drug-likeness (QED) is 0.768. The van der Waals surface area contributed by atoms with E-state index in [2.05, 4.69) is 46.3 Å². The standard InChI is InChI=1S/C14H23BrN2OS/c1-17(2)7-9-18-8-6-16-12-4-3-5-13-11(12)10-14(15)19-13/h10,12,16H,3-9H2,1-2H3. The first-order valence-electron chi connectivity index (χ1n) is 6.91. The molecule has 3 nitrogen and oxygen atoms in total. The largest absolute Gasteiger partial charge is 0.379 e. The minimum atomic E-state index is 0.517. The number of fused-ring (bicyclic) bond motifs is 1. The highest BCUT2D eigenvalue weighted by molar-refractivity contribution is 9.11. The van der Waals surface area contributed by atoms with Crippen LogP contribution in [0.4, 0.5) is 0 Å². The predicted molar refractivity (Wildman–Crippen MR) is 85.1 cm³/mol. The molecule has 2 rings (SSSR count). The second kappa shape index (κ2) is 7.74. The summed E-state index contributed by atoms with van der Waals surface area (Å²) >= 11 is 5.48. The number of thiophene rings is 1. The van der Waals surface area contributed by atoms with Gasteiger partial charge in [0.2, 0.25) is 0 Å². The number of rotatable bonds is 7. The van der Waals surface area contributed by atoms with Crippen LogP contribution in [0.15, 0.2) is 9.85 Å². The average Bonchev–Trinajstić information content (AvgIpc) is 2.74. The maximum Gasteiger partial charge on any atom is 0.0704 e. The normalized spacial score (nSPS) is 18.8. The average molecular weight is 347 g/mol. The first kappa shape index (κ1) is 15.4. The summed E-state index contributed by atoms with van der Waals surface area (Å²) in [5, 5.41) is 3.63. The van der Waals surface area contributed by atoms with Crippen LogP contribution in [-0.4, -0.2) is 45.3 Å². The summed E-state index contributed by atoms with van der Waals surface area (Å²) in [6.07, 6.45) is 3.77. The molecule has 5 heteroatoms. The highest BCUT2D eigenvalue weighted by atomic mass is 79.9. The van der Waals surface area contributed by atoms with Gasteiger partial charge in [0, 0.05) is 24.0 Å². The van der Waals surface area contributed by atoms with Crippen LogP contribution in [-0.2, 0) is 11.2 Å². The highest BCUT2D eigenvalue weighted by Crippen LogP contribution is 2.37. The van der Waals surface area contributed by atoms with Crippen molar-refractivity contribution in [1.82, 2.24) is 10.2 Å². The van der Waals surface area contributed by atoms with Crippen LogP contribution in [0.3, 0.4) is 0 Å². The molecule has 0 bridgehead atoms. The van der Waals surface area contributed by atoms with Gasteiger partial charge in [-0.3, -0.25) is 0 Å². The van der Waals surface area contributed by atoms with Crippen LogP contribution >= 0.6 is 27.3 Å². The van der Waals surface area contributed by atoms with Gasteiger partial charge in [0.25, 0.3) is 0 Å². The Morgan fingerprint density at radius 1 is 1.47 bits per heavy atom. The fraction of sp³-hybridized carbons (Fsp3) is 0.714. The Morgan fingerprint density at radius 2 is 2.32 bits per heavy atom. The Labute approximate surface area is 128 Å². The lowest BCUT2D eigenvalue weighted by atomic mass is 9.94. The van der Waals surface area contributed by atoms with E-state index in [1.807, 2.05) is 11.3 Å². The Kier molecular flexibility index (Phi) is 6.29. The third-order valence-electron chi connectivity index (χ3n) is 3.40. The summed E-state index contributed by atoms with van der Waals surface area (Å²) in [7, 11) is 4.14. The molecule has 0 saturated heterocycles. The number of halogens is 1. The summed E-state index contributed by atoms with van der Waals surface area (Å²) in [5.41, 5.74) is 1.50. The Balaban J connectivity index is 1.69. The molecule has 1 unspecified atom stereocenters. The third-order valence-corrected chi connectivity index (χ3v) is 5.12. The molecule has 0 aromatic carbocycles. The van der Waals surface area contributed by atoms with Gasteiger partial charge in [-0.2, -0.15) is 0 Å². The number of aryl methyl sites for hydroxylation is 1. The van der Waals surface area contributed by atoms with E-state index in [9.17, 15) is 0 Å². The van der Waals surface area contributed by atoms with Gasteiger partial charge in [-0.15, -0.1) is 11.3 Å². The molecule has 1 heterocycles. The summed E-state index contributed by atoms with van der Waals surface area (Å²) in [5.74, 6) is 0. The van der Waals surface area contributed by atoms with Crippen LogP contribution in [0.25, 0.3) is 0 Å². The molecular formula is C14H23BrN2OS. The number of nitrogens with one attached hydrogen (secondary N) is 1. The fourth-order valence-corrected chi connectivity index (χ4v) is 4.21. The van der Waals surface area contributed by atoms with Gasteiger partial charge in [-0.1, -0.05) is 0 Å². The van der Waals surface area contributed by atoms with E-state index < -0.39 is 0 Å². The van der Waals surface area contributed by atoms with E-state index in [0.717, 1.165) is 26.3 Å². The number of nitrogens with zero attached hydrogens (tertiary/aromatic N) is 1. The summed E-state index contributed by atoms with van der Waals surface area (Å²) in [6, 6.07) is 2.80. The number of hydrogen-bond donors (Lipinski definition) is 1. The molecule has 108 valence electrons. The first-order chi connectivity index (χ1) is 9.16. The molecule has 0 spiro atoms. The van der Waals surface area contributed by atoms with Gasteiger partial charge in [-0.05, 0) is 60.9 Å². The van der Waals surface area contributed by atoms with Gasteiger partial charge in [0.05, 0.1) is 17.0 Å². The number of likely N-dealkylation sites (N-methyl/N-ethyl adjacent to an activating group) is 1. The molecule has 0 amide bonds. The molecule has 0 saturated carbocycles. The van der Waals surface area contributed by atoms with Crippen molar-refractivity contribution in [2.45, 2.75) is 25.3 Å². The van der Waals surface area contributed by atoms with Gasteiger partial charge >= 0.3 is 0 Å². The van der Waals surface area contributed by atoms with Crippen molar-refractivity contribution in [3.8, 4) is 0 Å². The summed E-state index contributed by atoms with van der Waals surface area (Å²) in [4.78, 5) is 3.69.